The van der Waals surface area contributed by atoms with Gasteiger partial charge in [-0.2, -0.15) is 0 Å². The van der Waals surface area contributed by atoms with Crippen LogP contribution >= 0.6 is 0 Å². The van der Waals surface area contributed by atoms with Crippen LogP contribution in [0.5, 0.6) is 0 Å². The van der Waals surface area contributed by atoms with E-state index in [1.165, 1.54) is 116 Å². The number of nitrogens with zero attached hydrogens (tertiary/aromatic N) is 1. The van der Waals surface area contributed by atoms with Crippen molar-refractivity contribution in [3.8, 4) is 0 Å². The minimum Gasteiger partial charge on any atom is -0.544 e. The van der Waals surface area contributed by atoms with Gasteiger partial charge < -0.3 is 28.6 Å². The molecule has 368 valence electrons. The fourth-order valence-corrected chi connectivity index (χ4v) is 7.34. The highest BCUT2D eigenvalue weighted by molar-refractivity contribution is 5.70. The number of carbonyl (C=O) groups is 3. The van der Waals surface area contributed by atoms with Crippen LogP contribution in [0, 0.1) is 0 Å². The standard InChI is InChI=1S/C56H97NO7/c1-6-8-10-12-14-16-18-20-22-24-25-26-27-28-29-31-32-34-36-38-40-42-44-46-54(58)63-51-52(50-62-49-48-53(56(60)61)57(3,4)5)64-55(59)47-45-43-41-39-37-35-33-30-23-21-19-17-15-13-11-9-7-2/h9,11,15,17,21,23,28-29,33,35,39,41,52-53H,6-8,10,12-14,16,18-20,22,24-27,30-32,34,36-38,40,42-51H2,1-5H3/b11-9+,17-15+,23-21+,29-28+,35-33+,41-39+. The number of hydrogen-bond acceptors (Lipinski definition) is 7. The molecular weight excluding hydrogens is 799 g/mol. The molecule has 0 heterocycles. The topological polar surface area (TPSA) is 102 Å². The van der Waals surface area contributed by atoms with Crippen molar-refractivity contribution in [3.05, 3.63) is 72.9 Å². The zero-order chi connectivity index (χ0) is 47.0. The van der Waals surface area contributed by atoms with Crippen molar-refractivity contribution in [3.63, 3.8) is 0 Å². The highest BCUT2D eigenvalue weighted by Gasteiger charge is 2.25. The van der Waals surface area contributed by atoms with E-state index in [2.05, 4.69) is 86.8 Å². The van der Waals surface area contributed by atoms with Gasteiger partial charge in [-0.15, -0.1) is 0 Å². The molecule has 0 saturated carbocycles. The van der Waals surface area contributed by atoms with E-state index in [9.17, 15) is 19.5 Å². The van der Waals surface area contributed by atoms with Gasteiger partial charge in [0.15, 0.2) is 6.10 Å². The number of carboxylic acids is 1. The minimum atomic E-state index is -1.14. The number of ether oxygens (including phenoxy) is 3. The molecular formula is C56H97NO7. The quantitative estimate of drug-likeness (QED) is 0.0259. The van der Waals surface area contributed by atoms with Crippen molar-refractivity contribution < 1.29 is 38.2 Å². The van der Waals surface area contributed by atoms with Crippen LogP contribution in [0.2, 0.25) is 0 Å². The Kier molecular flexibility index (Phi) is 44.0. The summed E-state index contributed by atoms with van der Waals surface area (Å²) in [7, 11) is 5.39. The highest BCUT2D eigenvalue weighted by Crippen LogP contribution is 2.15. The van der Waals surface area contributed by atoms with Gasteiger partial charge in [-0.25, -0.2) is 0 Å². The van der Waals surface area contributed by atoms with E-state index in [1.54, 1.807) is 21.1 Å². The zero-order valence-electron chi connectivity index (χ0n) is 41.9. The summed E-state index contributed by atoms with van der Waals surface area (Å²) in [5, 5.41) is 11.7. The third-order valence-corrected chi connectivity index (χ3v) is 11.3. The van der Waals surface area contributed by atoms with E-state index in [1.807, 2.05) is 0 Å². The van der Waals surface area contributed by atoms with Crippen LogP contribution in [0.25, 0.3) is 0 Å². The largest absolute Gasteiger partial charge is 0.544 e. The van der Waals surface area contributed by atoms with E-state index in [0.717, 1.165) is 57.8 Å². The highest BCUT2D eigenvalue weighted by atomic mass is 16.6. The summed E-state index contributed by atoms with van der Waals surface area (Å²) < 4.78 is 17.2. The van der Waals surface area contributed by atoms with Crippen molar-refractivity contribution in [2.45, 2.75) is 225 Å². The van der Waals surface area contributed by atoms with E-state index in [-0.39, 0.29) is 49.1 Å². The summed E-state index contributed by atoms with van der Waals surface area (Å²) in [5.41, 5.74) is 0. The summed E-state index contributed by atoms with van der Waals surface area (Å²) in [6, 6.07) is -0.740. The first-order valence-corrected chi connectivity index (χ1v) is 26.0. The molecule has 8 heteroatoms. The van der Waals surface area contributed by atoms with Gasteiger partial charge in [-0.3, -0.25) is 9.59 Å². The van der Waals surface area contributed by atoms with Crippen LogP contribution in [0.3, 0.4) is 0 Å². The summed E-state index contributed by atoms with van der Waals surface area (Å²) in [4.78, 5) is 37.0. The van der Waals surface area contributed by atoms with Gasteiger partial charge in [0.1, 0.15) is 12.6 Å². The molecule has 0 aromatic carbocycles. The number of quaternary nitrogens is 1. The number of allylic oxidation sites excluding steroid dienone is 12. The lowest BCUT2D eigenvalue weighted by atomic mass is 10.0. The molecule has 0 amide bonds. The number of rotatable bonds is 46. The van der Waals surface area contributed by atoms with E-state index < -0.39 is 18.1 Å². The van der Waals surface area contributed by atoms with Gasteiger partial charge in [0.2, 0.25) is 0 Å². The predicted octanol–water partition coefficient (Wildman–Crippen LogP) is 13.8. The van der Waals surface area contributed by atoms with E-state index >= 15 is 0 Å². The Morgan fingerprint density at radius 3 is 1.36 bits per heavy atom. The molecule has 0 aliphatic rings. The third-order valence-electron chi connectivity index (χ3n) is 11.3. The molecule has 2 atom stereocenters. The van der Waals surface area contributed by atoms with Gasteiger partial charge in [-0.05, 0) is 77.0 Å². The molecule has 8 nitrogen and oxygen atoms in total. The van der Waals surface area contributed by atoms with Crippen molar-refractivity contribution in [1.82, 2.24) is 0 Å². The van der Waals surface area contributed by atoms with E-state index in [4.69, 9.17) is 14.2 Å². The summed E-state index contributed by atoms with van der Waals surface area (Å²) in [5.74, 6) is -1.82. The first kappa shape index (κ1) is 60.8. The van der Waals surface area contributed by atoms with Crippen molar-refractivity contribution in [2.24, 2.45) is 0 Å². The molecule has 0 aromatic rings. The van der Waals surface area contributed by atoms with Gasteiger partial charge >= 0.3 is 11.9 Å². The number of hydrogen-bond donors (Lipinski definition) is 0. The number of likely N-dealkylation sites (N-methyl/N-ethyl adjacent to an activating group) is 1. The molecule has 0 aromatic heterocycles. The Morgan fingerprint density at radius 2 is 0.891 bits per heavy atom. The van der Waals surface area contributed by atoms with Crippen molar-refractivity contribution >= 4 is 17.9 Å². The summed E-state index contributed by atoms with van der Waals surface area (Å²) in [6.45, 7) is 4.50. The molecule has 0 rings (SSSR count). The number of carboxylic acid groups (broad SMARTS) is 1. The Labute approximate surface area is 393 Å². The monoisotopic (exact) mass is 896 g/mol. The SMILES string of the molecule is CC/C=C/C/C=C/C/C=C/C/C=C/C/C=C/CCCC(=O)OC(COCCC(C(=O)[O-])[N+](C)(C)C)COC(=O)CCCCCCCCC/C=C/CCCCCCCCCCCCCC. The lowest BCUT2D eigenvalue weighted by Gasteiger charge is -2.34. The molecule has 0 spiro atoms. The summed E-state index contributed by atoms with van der Waals surface area (Å²) in [6.07, 6.45) is 59.5. The Balaban J connectivity index is 4.29. The second kappa shape index (κ2) is 46.3. The smallest absolute Gasteiger partial charge is 0.306 e. The van der Waals surface area contributed by atoms with Gasteiger partial charge in [0, 0.05) is 19.3 Å². The van der Waals surface area contributed by atoms with Crippen molar-refractivity contribution in [1.29, 1.82) is 0 Å². The maximum atomic E-state index is 12.7. The maximum Gasteiger partial charge on any atom is 0.306 e. The normalized spacial score (nSPS) is 13.5. The van der Waals surface area contributed by atoms with Crippen molar-refractivity contribution in [2.75, 3.05) is 41.0 Å². The fraction of sp³-hybridized carbons (Fsp3) is 0.732. The average Bonchev–Trinajstić information content (AvgIpc) is 3.26. The Hall–Kier alpha value is -3.23. The van der Waals surface area contributed by atoms with Gasteiger partial charge in [0.05, 0.1) is 40.3 Å². The zero-order valence-corrected chi connectivity index (χ0v) is 41.9. The average molecular weight is 896 g/mol. The molecule has 0 aliphatic heterocycles. The third kappa shape index (κ3) is 44.0. The van der Waals surface area contributed by atoms with Gasteiger partial charge in [-0.1, -0.05) is 189 Å². The number of unbranched alkanes of at least 4 members (excludes halogenated alkanes) is 20. The first-order valence-electron chi connectivity index (χ1n) is 26.0. The molecule has 2 unspecified atom stereocenters. The van der Waals surface area contributed by atoms with E-state index in [0.29, 0.717) is 12.8 Å². The number of carbonyl (C=O) groups excluding carboxylic acids is 3. The molecule has 0 bridgehead atoms. The van der Waals surface area contributed by atoms with Gasteiger partial charge in [0.25, 0.3) is 0 Å². The van der Waals surface area contributed by atoms with Crippen LogP contribution in [-0.2, 0) is 28.6 Å². The van der Waals surface area contributed by atoms with Crippen LogP contribution in [0.15, 0.2) is 72.9 Å². The minimum absolute atomic E-state index is 0.0138. The first-order chi connectivity index (χ1) is 31.1. The van der Waals surface area contributed by atoms with Crippen LogP contribution in [0.4, 0.5) is 0 Å². The fourth-order valence-electron chi connectivity index (χ4n) is 7.34. The molecule has 0 aliphatic carbocycles. The van der Waals surface area contributed by atoms with Crippen LogP contribution < -0.4 is 5.11 Å². The second-order valence-corrected chi connectivity index (χ2v) is 18.4. The lowest BCUT2D eigenvalue weighted by molar-refractivity contribution is -0.889. The Morgan fingerprint density at radius 1 is 0.484 bits per heavy atom. The molecule has 0 radical (unpaired) electrons. The van der Waals surface area contributed by atoms with Crippen LogP contribution in [-0.4, -0.2) is 75.5 Å². The number of esters is 2. The maximum absolute atomic E-state index is 12.7. The van der Waals surface area contributed by atoms with Crippen LogP contribution in [0.1, 0.15) is 213 Å². The molecule has 0 fully saturated rings. The molecule has 64 heavy (non-hydrogen) atoms. The second-order valence-electron chi connectivity index (χ2n) is 18.4. The lowest BCUT2D eigenvalue weighted by Crippen LogP contribution is -2.55. The predicted molar refractivity (Wildman–Crippen MR) is 268 cm³/mol. The molecule has 0 N–H and O–H groups in total. The Bertz CT molecular complexity index is 1270. The molecule has 0 saturated heterocycles. The summed E-state index contributed by atoms with van der Waals surface area (Å²) >= 11 is 0. The number of aliphatic carboxylic acids is 1.